The van der Waals surface area contributed by atoms with Crippen LogP contribution in [0.3, 0.4) is 0 Å². The van der Waals surface area contributed by atoms with Gasteiger partial charge in [0.05, 0.1) is 12.1 Å². The maximum Gasteiger partial charge on any atom is 0.303 e. The van der Waals surface area contributed by atoms with Crippen LogP contribution in [-0.2, 0) is 14.3 Å². The van der Waals surface area contributed by atoms with E-state index in [4.69, 9.17) is 15.6 Å². The van der Waals surface area contributed by atoms with Crippen molar-refractivity contribution in [2.45, 2.75) is 51.3 Å². The molecule has 4 N–H and O–H groups in total. The van der Waals surface area contributed by atoms with Gasteiger partial charge in [-0.05, 0) is 12.8 Å². The van der Waals surface area contributed by atoms with Crippen molar-refractivity contribution in [2.75, 3.05) is 7.11 Å². The number of hydrogen-bond acceptors (Lipinski definition) is 4. The number of carbonyl (C=O) groups is 2. The molecule has 3 unspecified atom stereocenters. The van der Waals surface area contributed by atoms with Gasteiger partial charge in [-0.25, -0.2) is 0 Å². The molecule has 104 valence electrons. The Balaban J connectivity index is 2.39. The SMILES string of the molecule is COC1CC(NC(=O)C(N)CCC(=O)O)C1(C)C. The Morgan fingerprint density at radius 1 is 1.56 bits per heavy atom. The summed E-state index contributed by atoms with van der Waals surface area (Å²) in [6.07, 6.45) is 0.963. The Bertz CT molecular complexity index is 330. The van der Waals surface area contributed by atoms with E-state index in [0.717, 1.165) is 6.42 Å². The van der Waals surface area contributed by atoms with Gasteiger partial charge in [-0.3, -0.25) is 9.59 Å². The van der Waals surface area contributed by atoms with Gasteiger partial charge < -0.3 is 20.9 Å². The van der Waals surface area contributed by atoms with Gasteiger partial charge in [0.2, 0.25) is 5.91 Å². The highest BCUT2D eigenvalue weighted by Crippen LogP contribution is 2.42. The van der Waals surface area contributed by atoms with E-state index in [-0.39, 0.29) is 36.3 Å². The Hall–Kier alpha value is -1.14. The third kappa shape index (κ3) is 3.20. The molecule has 6 heteroatoms. The van der Waals surface area contributed by atoms with Gasteiger partial charge in [0, 0.05) is 25.0 Å². The van der Waals surface area contributed by atoms with E-state index in [9.17, 15) is 9.59 Å². The largest absolute Gasteiger partial charge is 0.481 e. The van der Waals surface area contributed by atoms with Gasteiger partial charge in [0.15, 0.2) is 0 Å². The number of nitrogens with one attached hydrogen (secondary N) is 1. The van der Waals surface area contributed by atoms with Crippen molar-refractivity contribution in [3.8, 4) is 0 Å². The molecule has 1 fully saturated rings. The summed E-state index contributed by atoms with van der Waals surface area (Å²) in [5, 5.41) is 11.4. The predicted octanol–water partition coefficient (Wildman–Crippen LogP) is 0.108. The summed E-state index contributed by atoms with van der Waals surface area (Å²) in [7, 11) is 1.66. The van der Waals surface area contributed by atoms with Gasteiger partial charge in [0.1, 0.15) is 0 Å². The summed E-state index contributed by atoms with van der Waals surface area (Å²) in [6, 6.07) is -0.732. The fourth-order valence-electron chi connectivity index (χ4n) is 2.22. The monoisotopic (exact) mass is 258 g/mol. The second-order valence-electron chi connectivity index (χ2n) is 5.38. The molecule has 0 aromatic heterocycles. The molecule has 3 atom stereocenters. The second-order valence-corrected chi connectivity index (χ2v) is 5.38. The number of nitrogens with two attached hydrogens (primary N) is 1. The summed E-state index contributed by atoms with van der Waals surface area (Å²) in [5.41, 5.74) is 5.53. The molecule has 1 rings (SSSR count). The maximum absolute atomic E-state index is 11.8. The first-order chi connectivity index (χ1) is 8.28. The zero-order valence-corrected chi connectivity index (χ0v) is 11.1. The van der Waals surface area contributed by atoms with E-state index in [2.05, 4.69) is 5.32 Å². The minimum Gasteiger partial charge on any atom is -0.481 e. The van der Waals surface area contributed by atoms with Crippen molar-refractivity contribution < 1.29 is 19.4 Å². The molecule has 1 aliphatic carbocycles. The Kier molecular flexibility index (Phi) is 4.70. The second kappa shape index (κ2) is 5.67. The van der Waals surface area contributed by atoms with Gasteiger partial charge in [0.25, 0.3) is 0 Å². The van der Waals surface area contributed by atoms with Crippen molar-refractivity contribution in [2.24, 2.45) is 11.1 Å². The molecule has 0 spiro atoms. The minimum absolute atomic E-state index is 0.0332. The number of rotatable bonds is 6. The number of hydrogen-bond donors (Lipinski definition) is 3. The van der Waals surface area contributed by atoms with Crippen molar-refractivity contribution in [1.82, 2.24) is 5.32 Å². The standard InChI is InChI=1S/C12H22N2O4/c1-12(2)8(6-9(12)18-3)14-11(17)7(13)4-5-10(15)16/h7-9H,4-6,13H2,1-3H3,(H,14,17)(H,15,16). The van der Waals surface area contributed by atoms with Crippen LogP contribution in [0.5, 0.6) is 0 Å². The van der Waals surface area contributed by atoms with Crippen molar-refractivity contribution in [3.63, 3.8) is 0 Å². The van der Waals surface area contributed by atoms with E-state index in [1.54, 1.807) is 7.11 Å². The highest BCUT2D eigenvalue weighted by atomic mass is 16.5. The Labute approximate surface area is 107 Å². The number of aliphatic carboxylic acids is 1. The molecule has 0 aromatic rings. The summed E-state index contributed by atoms with van der Waals surface area (Å²) >= 11 is 0. The summed E-state index contributed by atoms with van der Waals surface area (Å²) < 4.78 is 5.29. The molecule has 6 nitrogen and oxygen atoms in total. The molecule has 1 aliphatic rings. The third-order valence-electron chi connectivity index (χ3n) is 3.78. The predicted molar refractivity (Wildman–Crippen MR) is 66.0 cm³/mol. The molecular weight excluding hydrogens is 236 g/mol. The molecule has 0 saturated heterocycles. The fraction of sp³-hybridized carbons (Fsp3) is 0.833. The van der Waals surface area contributed by atoms with Crippen LogP contribution in [0, 0.1) is 5.41 Å². The molecule has 1 amide bonds. The smallest absolute Gasteiger partial charge is 0.303 e. The lowest BCUT2D eigenvalue weighted by Crippen LogP contribution is -2.63. The van der Waals surface area contributed by atoms with Gasteiger partial charge in [-0.1, -0.05) is 13.8 Å². The Morgan fingerprint density at radius 3 is 2.61 bits per heavy atom. The lowest BCUT2D eigenvalue weighted by molar-refractivity contribution is -0.137. The topological polar surface area (TPSA) is 102 Å². The average Bonchev–Trinajstić information content (AvgIpc) is 2.30. The summed E-state index contributed by atoms with van der Waals surface area (Å²) in [6.45, 7) is 4.05. The molecule has 18 heavy (non-hydrogen) atoms. The minimum atomic E-state index is -0.943. The Morgan fingerprint density at radius 2 is 2.17 bits per heavy atom. The number of amides is 1. The number of carboxylic acid groups (broad SMARTS) is 1. The van der Waals surface area contributed by atoms with Crippen molar-refractivity contribution in [1.29, 1.82) is 0 Å². The summed E-state index contributed by atoms with van der Waals surface area (Å²) in [5.74, 6) is -1.23. The van der Waals surface area contributed by atoms with E-state index < -0.39 is 12.0 Å². The van der Waals surface area contributed by atoms with Crippen LogP contribution in [-0.4, -0.2) is 42.3 Å². The molecule has 0 bridgehead atoms. The van der Waals surface area contributed by atoms with Crippen LogP contribution in [0.1, 0.15) is 33.1 Å². The highest BCUT2D eigenvalue weighted by molar-refractivity contribution is 5.82. The molecule has 1 saturated carbocycles. The lowest BCUT2D eigenvalue weighted by Gasteiger charge is -2.51. The van der Waals surface area contributed by atoms with Crippen LogP contribution in [0.2, 0.25) is 0 Å². The number of carboxylic acids is 1. The van der Waals surface area contributed by atoms with Gasteiger partial charge in [-0.15, -0.1) is 0 Å². The molecule has 0 aromatic carbocycles. The molecule has 0 radical (unpaired) electrons. The van der Waals surface area contributed by atoms with Crippen LogP contribution >= 0.6 is 0 Å². The van der Waals surface area contributed by atoms with Crippen molar-refractivity contribution >= 4 is 11.9 Å². The quantitative estimate of drug-likeness (QED) is 0.627. The van der Waals surface area contributed by atoms with Crippen LogP contribution < -0.4 is 11.1 Å². The van der Waals surface area contributed by atoms with E-state index in [1.807, 2.05) is 13.8 Å². The number of carbonyl (C=O) groups excluding carboxylic acids is 1. The fourth-order valence-corrected chi connectivity index (χ4v) is 2.22. The highest BCUT2D eigenvalue weighted by Gasteiger charge is 2.49. The van der Waals surface area contributed by atoms with Crippen LogP contribution in [0.25, 0.3) is 0 Å². The first kappa shape index (κ1) is 14.9. The summed E-state index contributed by atoms with van der Waals surface area (Å²) in [4.78, 5) is 22.2. The maximum atomic E-state index is 11.8. The van der Waals surface area contributed by atoms with E-state index in [1.165, 1.54) is 0 Å². The zero-order valence-electron chi connectivity index (χ0n) is 11.1. The average molecular weight is 258 g/mol. The first-order valence-corrected chi connectivity index (χ1v) is 6.09. The first-order valence-electron chi connectivity index (χ1n) is 6.09. The van der Waals surface area contributed by atoms with Gasteiger partial charge in [-0.2, -0.15) is 0 Å². The molecule has 0 aliphatic heterocycles. The van der Waals surface area contributed by atoms with Crippen molar-refractivity contribution in [3.05, 3.63) is 0 Å². The normalized spacial score (nSPS) is 27.1. The zero-order chi connectivity index (χ0) is 13.9. The van der Waals surface area contributed by atoms with E-state index >= 15 is 0 Å². The third-order valence-corrected chi connectivity index (χ3v) is 3.78. The number of ether oxygens (including phenoxy) is 1. The lowest BCUT2D eigenvalue weighted by atomic mass is 9.64. The van der Waals surface area contributed by atoms with Crippen LogP contribution in [0.15, 0.2) is 0 Å². The number of methoxy groups -OCH3 is 1. The van der Waals surface area contributed by atoms with E-state index in [0.29, 0.717) is 0 Å². The van der Waals surface area contributed by atoms with Crippen LogP contribution in [0.4, 0.5) is 0 Å². The molecule has 0 heterocycles. The van der Waals surface area contributed by atoms with Gasteiger partial charge >= 0.3 is 5.97 Å². The molecular formula is C12H22N2O4.